The first-order chi connectivity index (χ1) is 12.8. The third-order valence-corrected chi connectivity index (χ3v) is 4.27. The standard InChI is InChI=1S/C23H22O3/c1-25-23(24)16-13-18-11-14-21(15-12-18)26-17-20-9-5-6-10-22(20)19-7-3-2-4-8-19/h2-12,14-15H,13,16-17H2,1H3. The predicted molar refractivity (Wildman–Crippen MR) is 103 cm³/mol. The van der Waals surface area contributed by atoms with Crippen LogP contribution < -0.4 is 4.74 Å². The maximum absolute atomic E-state index is 11.2. The van der Waals surface area contributed by atoms with Gasteiger partial charge in [0.1, 0.15) is 12.4 Å². The van der Waals surface area contributed by atoms with Crippen molar-refractivity contribution in [3.8, 4) is 16.9 Å². The fourth-order valence-electron chi connectivity index (χ4n) is 2.81. The Morgan fingerprint density at radius 3 is 2.27 bits per heavy atom. The third-order valence-electron chi connectivity index (χ3n) is 4.27. The third kappa shape index (κ3) is 4.73. The van der Waals surface area contributed by atoms with Crippen molar-refractivity contribution in [2.75, 3.05) is 7.11 Å². The minimum atomic E-state index is -0.192. The van der Waals surface area contributed by atoms with Crippen LogP contribution in [0.4, 0.5) is 0 Å². The number of hydrogen-bond acceptors (Lipinski definition) is 3. The maximum Gasteiger partial charge on any atom is 0.305 e. The van der Waals surface area contributed by atoms with Crippen LogP contribution in [-0.2, 0) is 22.6 Å². The summed E-state index contributed by atoms with van der Waals surface area (Å²) in [5.74, 6) is 0.623. The molecule has 3 nitrogen and oxygen atoms in total. The summed E-state index contributed by atoms with van der Waals surface area (Å²) in [5.41, 5.74) is 4.61. The zero-order valence-electron chi connectivity index (χ0n) is 14.9. The summed E-state index contributed by atoms with van der Waals surface area (Å²) in [6.45, 7) is 0.507. The van der Waals surface area contributed by atoms with Gasteiger partial charge in [0, 0.05) is 6.42 Å². The molecule has 0 aliphatic carbocycles. The molecule has 0 aliphatic heterocycles. The topological polar surface area (TPSA) is 35.5 Å². The van der Waals surface area contributed by atoms with E-state index in [1.165, 1.54) is 18.2 Å². The molecule has 0 amide bonds. The zero-order valence-corrected chi connectivity index (χ0v) is 14.9. The molecule has 132 valence electrons. The lowest BCUT2D eigenvalue weighted by Gasteiger charge is -2.12. The number of hydrogen-bond donors (Lipinski definition) is 0. The van der Waals surface area contributed by atoms with Crippen molar-refractivity contribution in [2.45, 2.75) is 19.4 Å². The van der Waals surface area contributed by atoms with Gasteiger partial charge in [-0.2, -0.15) is 0 Å². The van der Waals surface area contributed by atoms with Crippen molar-refractivity contribution in [1.82, 2.24) is 0 Å². The first-order valence-corrected chi connectivity index (χ1v) is 8.68. The highest BCUT2D eigenvalue weighted by molar-refractivity contribution is 5.69. The summed E-state index contributed by atoms with van der Waals surface area (Å²) < 4.78 is 10.6. The van der Waals surface area contributed by atoms with E-state index < -0.39 is 0 Å². The average molecular weight is 346 g/mol. The van der Waals surface area contributed by atoms with Crippen LogP contribution in [0.3, 0.4) is 0 Å². The van der Waals surface area contributed by atoms with E-state index in [1.54, 1.807) is 0 Å². The molecule has 0 bridgehead atoms. The normalized spacial score (nSPS) is 10.3. The molecule has 0 saturated heterocycles. The smallest absolute Gasteiger partial charge is 0.305 e. The molecule has 0 saturated carbocycles. The number of benzene rings is 3. The van der Waals surface area contributed by atoms with Gasteiger partial charge in [0.2, 0.25) is 0 Å². The molecule has 0 unspecified atom stereocenters. The quantitative estimate of drug-likeness (QED) is 0.562. The molecular formula is C23H22O3. The van der Waals surface area contributed by atoms with E-state index in [0.717, 1.165) is 16.9 Å². The molecule has 3 aromatic rings. The van der Waals surface area contributed by atoms with E-state index in [9.17, 15) is 4.79 Å². The fourth-order valence-corrected chi connectivity index (χ4v) is 2.81. The number of carbonyl (C=O) groups excluding carboxylic acids is 1. The summed E-state index contributed by atoms with van der Waals surface area (Å²) in [5, 5.41) is 0. The van der Waals surface area contributed by atoms with Crippen LogP contribution in [0.25, 0.3) is 11.1 Å². The Morgan fingerprint density at radius 2 is 1.54 bits per heavy atom. The molecule has 0 aliphatic rings. The summed E-state index contributed by atoms with van der Waals surface area (Å²) in [6.07, 6.45) is 1.06. The SMILES string of the molecule is COC(=O)CCc1ccc(OCc2ccccc2-c2ccccc2)cc1. The van der Waals surface area contributed by atoms with Gasteiger partial charge < -0.3 is 9.47 Å². The van der Waals surface area contributed by atoms with E-state index in [-0.39, 0.29) is 5.97 Å². The molecule has 26 heavy (non-hydrogen) atoms. The monoisotopic (exact) mass is 346 g/mol. The molecule has 3 heteroatoms. The van der Waals surface area contributed by atoms with E-state index in [2.05, 4.69) is 29.0 Å². The first-order valence-electron chi connectivity index (χ1n) is 8.68. The van der Waals surface area contributed by atoms with Gasteiger partial charge in [0.25, 0.3) is 0 Å². The molecule has 0 heterocycles. The van der Waals surface area contributed by atoms with Crippen molar-refractivity contribution in [3.63, 3.8) is 0 Å². The van der Waals surface area contributed by atoms with Crippen molar-refractivity contribution in [3.05, 3.63) is 90.0 Å². The van der Waals surface area contributed by atoms with Crippen LogP contribution >= 0.6 is 0 Å². The van der Waals surface area contributed by atoms with Gasteiger partial charge in [0.05, 0.1) is 7.11 Å². The van der Waals surface area contributed by atoms with Crippen LogP contribution in [0.2, 0.25) is 0 Å². The number of esters is 1. The fraction of sp³-hybridized carbons (Fsp3) is 0.174. The number of aryl methyl sites for hydroxylation is 1. The lowest BCUT2D eigenvalue weighted by molar-refractivity contribution is -0.140. The minimum Gasteiger partial charge on any atom is -0.489 e. The molecular weight excluding hydrogens is 324 g/mol. The van der Waals surface area contributed by atoms with Crippen molar-refractivity contribution in [2.24, 2.45) is 0 Å². The van der Waals surface area contributed by atoms with Crippen molar-refractivity contribution < 1.29 is 14.3 Å². The first kappa shape index (κ1) is 17.7. The van der Waals surface area contributed by atoms with Crippen LogP contribution in [0.1, 0.15) is 17.5 Å². The Kier molecular flexibility index (Phi) is 6.05. The summed E-state index contributed by atoms with van der Waals surface area (Å²) in [6, 6.07) is 26.5. The van der Waals surface area contributed by atoms with Crippen LogP contribution in [0.15, 0.2) is 78.9 Å². The molecule has 0 spiro atoms. The molecule has 3 rings (SSSR count). The highest BCUT2D eigenvalue weighted by atomic mass is 16.5. The lowest BCUT2D eigenvalue weighted by Crippen LogP contribution is -2.02. The highest BCUT2D eigenvalue weighted by Crippen LogP contribution is 2.25. The van der Waals surface area contributed by atoms with Gasteiger partial charge in [-0.1, -0.05) is 66.7 Å². The van der Waals surface area contributed by atoms with Crippen LogP contribution in [0, 0.1) is 0 Å². The Bertz CT molecular complexity index is 839. The van der Waals surface area contributed by atoms with Crippen LogP contribution in [0.5, 0.6) is 5.75 Å². The molecule has 0 fully saturated rings. The second-order valence-electron chi connectivity index (χ2n) is 6.03. The zero-order chi connectivity index (χ0) is 18.2. The number of carbonyl (C=O) groups is 1. The number of methoxy groups -OCH3 is 1. The van der Waals surface area contributed by atoms with Crippen LogP contribution in [-0.4, -0.2) is 13.1 Å². The average Bonchev–Trinajstić information content (AvgIpc) is 2.72. The highest BCUT2D eigenvalue weighted by Gasteiger charge is 2.06. The maximum atomic E-state index is 11.2. The molecule has 0 radical (unpaired) electrons. The largest absolute Gasteiger partial charge is 0.489 e. The second-order valence-corrected chi connectivity index (χ2v) is 6.03. The Hall–Kier alpha value is -3.07. The van der Waals surface area contributed by atoms with E-state index in [0.29, 0.717) is 19.4 Å². The van der Waals surface area contributed by atoms with Gasteiger partial charge in [-0.15, -0.1) is 0 Å². The number of ether oxygens (including phenoxy) is 2. The van der Waals surface area contributed by atoms with Crippen molar-refractivity contribution >= 4 is 5.97 Å². The summed E-state index contributed by atoms with van der Waals surface area (Å²) in [7, 11) is 1.41. The Morgan fingerprint density at radius 1 is 0.846 bits per heavy atom. The molecule has 0 atom stereocenters. The van der Waals surface area contributed by atoms with Gasteiger partial charge in [-0.3, -0.25) is 4.79 Å². The molecule has 0 aromatic heterocycles. The van der Waals surface area contributed by atoms with Crippen molar-refractivity contribution in [1.29, 1.82) is 0 Å². The molecule has 0 N–H and O–H groups in total. The molecule has 3 aromatic carbocycles. The lowest BCUT2D eigenvalue weighted by atomic mass is 10.0. The summed E-state index contributed by atoms with van der Waals surface area (Å²) >= 11 is 0. The van der Waals surface area contributed by atoms with E-state index >= 15 is 0 Å². The Labute approximate surface area is 154 Å². The number of rotatable bonds is 7. The van der Waals surface area contributed by atoms with Gasteiger partial charge in [0.15, 0.2) is 0 Å². The van der Waals surface area contributed by atoms with Gasteiger partial charge >= 0.3 is 5.97 Å². The van der Waals surface area contributed by atoms with Gasteiger partial charge in [-0.05, 0) is 40.8 Å². The van der Waals surface area contributed by atoms with E-state index in [1.807, 2.05) is 54.6 Å². The van der Waals surface area contributed by atoms with E-state index in [4.69, 9.17) is 4.74 Å². The second kappa shape index (κ2) is 8.86. The minimum absolute atomic E-state index is 0.192. The predicted octanol–water partition coefficient (Wildman–Crippen LogP) is 5.04. The van der Waals surface area contributed by atoms with Gasteiger partial charge in [-0.25, -0.2) is 0 Å². The summed E-state index contributed by atoms with van der Waals surface area (Å²) in [4.78, 5) is 11.2. The Balaban J connectivity index is 1.64.